The van der Waals surface area contributed by atoms with Gasteiger partial charge in [0.25, 0.3) is 5.91 Å². The van der Waals surface area contributed by atoms with Crippen LogP contribution >= 0.6 is 0 Å². The molecule has 4 aromatic rings. The lowest BCUT2D eigenvalue weighted by atomic mass is 10.2. The molecule has 0 aliphatic carbocycles. The molecule has 23 heavy (non-hydrogen) atoms. The highest BCUT2D eigenvalue weighted by Gasteiger charge is 2.18. The lowest BCUT2D eigenvalue weighted by molar-refractivity contribution is 0.0935. The van der Waals surface area contributed by atoms with Gasteiger partial charge in [-0.3, -0.25) is 9.89 Å². The Morgan fingerprint density at radius 1 is 1.09 bits per heavy atom. The van der Waals surface area contributed by atoms with Gasteiger partial charge in [0.15, 0.2) is 5.69 Å². The topological polar surface area (TPSA) is 86.5 Å². The number of imidazole rings is 1. The maximum Gasteiger partial charge on any atom is 0.273 e. The van der Waals surface area contributed by atoms with E-state index in [-0.39, 0.29) is 11.9 Å². The molecule has 114 valence electrons. The summed E-state index contributed by atoms with van der Waals surface area (Å²) < 4.78 is 0. The fourth-order valence-corrected chi connectivity index (χ4v) is 2.65. The zero-order chi connectivity index (χ0) is 15.8. The molecule has 0 aliphatic heterocycles. The zero-order valence-electron chi connectivity index (χ0n) is 12.5. The predicted molar refractivity (Wildman–Crippen MR) is 88.1 cm³/mol. The number of benzene rings is 2. The van der Waals surface area contributed by atoms with E-state index in [0.29, 0.717) is 5.69 Å². The van der Waals surface area contributed by atoms with Gasteiger partial charge in [-0.1, -0.05) is 30.3 Å². The fraction of sp³-hybridized carbons (Fsp3) is 0.118. The third-order valence-corrected chi connectivity index (χ3v) is 3.85. The van der Waals surface area contributed by atoms with Gasteiger partial charge >= 0.3 is 0 Å². The summed E-state index contributed by atoms with van der Waals surface area (Å²) in [5.74, 6) is 0.495. The summed E-state index contributed by atoms with van der Waals surface area (Å²) in [5.41, 5.74) is 3.07. The SMILES string of the molecule is CC(NC(=O)c1n[nH]c2ccccc12)c1nc2ccccc2[nH]1. The molecule has 2 aromatic heterocycles. The monoisotopic (exact) mass is 305 g/mol. The average molecular weight is 305 g/mol. The molecule has 1 amide bonds. The minimum absolute atomic E-state index is 0.226. The number of hydrogen-bond acceptors (Lipinski definition) is 3. The first-order valence-electron chi connectivity index (χ1n) is 7.41. The number of hydrogen-bond donors (Lipinski definition) is 3. The molecule has 0 fully saturated rings. The van der Waals surface area contributed by atoms with Crippen LogP contribution in [0.4, 0.5) is 0 Å². The summed E-state index contributed by atoms with van der Waals surface area (Å²) in [7, 11) is 0. The van der Waals surface area contributed by atoms with Crippen molar-refractivity contribution in [2.45, 2.75) is 13.0 Å². The minimum Gasteiger partial charge on any atom is -0.341 e. The standard InChI is InChI=1S/C17H15N5O/c1-10(16-19-13-8-4-5-9-14(13)20-16)18-17(23)15-11-6-2-3-7-12(11)21-22-15/h2-10H,1H3,(H,18,23)(H,19,20)(H,21,22). The van der Waals surface area contributed by atoms with Crippen LogP contribution in [0.5, 0.6) is 0 Å². The maximum absolute atomic E-state index is 12.5. The van der Waals surface area contributed by atoms with Crippen molar-refractivity contribution in [3.8, 4) is 0 Å². The Hall–Kier alpha value is -3.15. The Kier molecular flexibility index (Phi) is 3.08. The van der Waals surface area contributed by atoms with Gasteiger partial charge in [0.1, 0.15) is 5.82 Å². The van der Waals surface area contributed by atoms with E-state index in [2.05, 4.69) is 25.5 Å². The number of fused-ring (bicyclic) bond motifs is 2. The summed E-state index contributed by atoms with van der Waals surface area (Å²) in [6.07, 6.45) is 0. The number of carbonyl (C=O) groups is 1. The highest BCUT2D eigenvalue weighted by atomic mass is 16.2. The number of rotatable bonds is 3. The van der Waals surface area contributed by atoms with Gasteiger partial charge in [0.05, 0.1) is 22.6 Å². The van der Waals surface area contributed by atoms with E-state index in [0.717, 1.165) is 27.8 Å². The largest absolute Gasteiger partial charge is 0.341 e. The highest BCUT2D eigenvalue weighted by molar-refractivity contribution is 6.04. The molecular weight excluding hydrogens is 290 g/mol. The lowest BCUT2D eigenvalue weighted by Gasteiger charge is -2.10. The van der Waals surface area contributed by atoms with Crippen molar-refractivity contribution in [2.75, 3.05) is 0 Å². The number of carbonyl (C=O) groups excluding carboxylic acids is 1. The molecule has 4 rings (SSSR count). The van der Waals surface area contributed by atoms with Crippen LogP contribution < -0.4 is 5.32 Å². The average Bonchev–Trinajstić information content (AvgIpc) is 3.18. The van der Waals surface area contributed by atoms with Crippen LogP contribution in [0.3, 0.4) is 0 Å². The number of aromatic amines is 2. The molecule has 3 N–H and O–H groups in total. The summed E-state index contributed by atoms with van der Waals surface area (Å²) in [6, 6.07) is 15.1. The van der Waals surface area contributed by atoms with Crippen molar-refractivity contribution >= 4 is 27.8 Å². The fourth-order valence-electron chi connectivity index (χ4n) is 2.65. The summed E-state index contributed by atoms with van der Waals surface area (Å²) in [4.78, 5) is 20.2. The maximum atomic E-state index is 12.5. The van der Waals surface area contributed by atoms with E-state index < -0.39 is 0 Å². The van der Waals surface area contributed by atoms with Crippen LogP contribution in [0, 0.1) is 0 Å². The quantitative estimate of drug-likeness (QED) is 0.544. The highest BCUT2D eigenvalue weighted by Crippen LogP contribution is 2.18. The smallest absolute Gasteiger partial charge is 0.273 e. The lowest BCUT2D eigenvalue weighted by Crippen LogP contribution is -2.27. The van der Waals surface area contributed by atoms with Gasteiger partial charge in [-0.2, -0.15) is 5.10 Å². The summed E-state index contributed by atoms with van der Waals surface area (Å²) >= 11 is 0. The molecule has 0 spiro atoms. The molecule has 0 aliphatic rings. The first-order chi connectivity index (χ1) is 11.2. The predicted octanol–water partition coefficient (Wildman–Crippen LogP) is 2.93. The van der Waals surface area contributed by atoms with Gasteiger partial charge in [-0.25, -0.2) is 4.98 Å². The molecule has 1 atom stereocenters. The van der Waals surface area contributed by atoms with Crippen molar-refractivity contribution in [3.05, 3.63) is 60.0 Å². The third-order valence-electron chi connectivity index (χ3n) is 3.85. The van der Waals surface area contributed by atoms with Gasteiger partial charge in [0, 0.05) is 5.39 Å². The van der Waals surface area contributed by atoms with Gasteiger partial charge in [-0.05, 0) is 25.1 Å². The van der Waals surface area contributed by atoms with E-state index in [9.17, 15) is 4.79 Å². The van der Waals surface area contributed by atoms with Crippen molar-refractivity contribution in [1.29, 1.82) is 0 Å². The van der Waals surface area contributed by atoms with Crippen molar-refractivity contribution in [2.24, 2.45) is 0 Å². The second-order valence-corrected chi connectivity index (χ2v) is 5.45. The Morgan fingerprint density at radius 2 is 1.83 bits per heavy atom. The number of H-pyrrole nitrogens is 2. The van der Waals surface area contributed by atoms with Gasteiger partial charge < -0.3 is 10.3 Å². The molecule has 0 saturated carbocycles. The first-order valence-corrected chi connectivity index (χ1v) is 7.41. The Balaban J connectivity index is 1.60. The van der Waals surface area contributed by atoms with Crippen LogP contribution in [-0.4, -0.2) is 26.1 Å². The van der Waals surface area contributed by atoms with Crippen LogP contribution in [0.25, 0.3) is 21.9 Å². The van der Waals surface area contributed by atoms with E-state index in [1.807, 2.05) is 55.5 Å². The molecule has 1 unspecified atom stereocenters. The van der Waals surface area contributed by atoms with Crippen molar-refractivity contribution in [1.82, 2.24) is 25.5 Å². The molecule has 6 nitrogen and oxygen atoms in total. The Bertz CT molecular complexity index is 967. The number of amides is 1. The molecule has 0 saturated heterocycles. The second-order valence-electron chi connectivity index (χ2n) is 5.45. The van der Waals surface area contributed by atoms with Gasteiger partial charge in [-0.15, -0.1) is 0 Å². The van der Waals surface area contributed by atoms with Crippen LogP contribution in [-0.2, 0) is 0 Å². The molecular formula is C17H15N5O. The van der Waals surface area contributed by atoms with Crippen molar-refractivity contribution in [3.63, 3.8) is 0 Å². The number of nitrogens with zero attached hydrogens (tertiary/aromatic N) is 2. The molecule has 0 bridgehead atoms. The van der Waals surface area contributed by atoms with E-state index in [1.165, 1.54) is 0 Å². The van der Waals surface area contributed by atoms with Crippen molar-refractivity contribution < 1.29 is 4.79 Å². The van der Waals surface area contributed by atoms with Crippen LogP contribution in [0.1, 0.15) is 29.3 Å². The Morgan fingerprint density at radius 3 is 2.65 bits per heavy atom. The molecule has 2 aromatic carbocycles. The molecule has 0 radical (unpaired) electrons. The summed E-state index contributed by atoms with van der Waals surface area (Å²) in [5, 5.41) is 10.7. The molecule has 2 heterocycles. The minimum atomic E-state index is -0.245. The van der Waals surface area contributed by atoms with E-state index >= 15 is 0 Å². The Labute approximate surface area is 131 Å². The second kappa shape index (κ2) is 5.24. The normalized spacial score (nSPS) is 12.6. The van der Waals surface area contributed by atoms with Crippen LogP contribution in [0.2, 0.25) is 0 Å². The van der Waals surface area contributed by atoms with Gasteiger partial charge in [0.2, 0.25) is 0 Å². The number of aromatic nitrogens is 4. The third kappa shape index (κ3) is 2.34. The zero-order valence-corrected chi connectivity index (χ0v) is 12.5. The van der Waals surface area contributed by atoms with Crippen LogP contribution in [0.15, 0.2) is 48.5 Å². The first kappa shape index (κ1) is 13.5. The number of para-hydroxylation sites is 3. The summed E-state index contributed by atoms with van der Waals surface area (Å²) in [6.45, 7) is 1.89. The molecule has 6 heteroatoms. The van der Waals surface area contributed by atoms with E-state index in [1.54, 1.807) is 0 Å². The number of nitrogens with one attached hydrogen (secondary N) is 3. The van der Waals surface area contributed by atoms with E-state index in [4.69, 9.17) is 0 Å².